The first kappa shape index (κ1) is 26.1. The van der Waals surface area contributed by atoms with Crippen molar-refractivity contribution in [3.63, 3.8) is 0 Å². The van der Waals surface area contributed by atoms with Gasteiger partial charge in [0.1, 0.15) is 18.5 Å². The van der Waals surface area contributed by atoms with Gasteiger partial charge < -0.3 is 19.9 Å². The number of halogens is 1. The number of carbonyl (C=O) groups excluding carboxylic acids is 1. The molecule has 0 atom stereocenters. The number of esters is 1. The third-order valence-corrected chi connectivity index (χ3v) is 4.13. The average Bonchev–Trinajstić information content (AvgIpc) is 3.14. The van der Waals surface area contributed by atoms with E-state index in [4.69, 9.17) is 21.1 Å². The van der Waals surface area contributed by atoms with Gasteiger partial charge in [-0.1, -0.05) is 17.7 Å². The quantitative estimate of drug-likeness (QED) is 0.348. The number of hydrogen-bond acceptors (Lipinski definition) is 9. The van der Waals surface area contributed by atoms with E-state index in [1.807, 2.05) is 0 Å². The summed E-state index contributed by atoms with van der Waals surface area (Å²) in [7, 11) is 1.46. The predicted molar refractivity (Wildman–Crippen MR) is 115 cm³/mol. The number of carboxylic acid groups (broad SMARTS) is 1. The van der Waals surface area contributed by atoms with Crippen molar-refractivity contribution in [1.82, 2.24) is 25.0 Å². The maximum absolute atomic E-state index is 12.1. The molecule has 3 aromatic rings. The third-order valence-electron chi connectivity index (χ3n) is 3.94. The zero-order valence-corrected chi connectivity index (χ0v) is 22.2. The fourth-order valence-electron chi connectivity index (χ4n) is 2.80. The van der Waals surface area contributed by atoms with Crippen molar-refractivity contribution in [2.75, 3.05) is 12.4 Å². The molecule has 2 N–H and O–H groups in total. The van der Waals surface area contributed by atoms with E-state index in [0.717, 1.165) is 0 Å². The van der Waals surface area contributed by atoms with Crippen LogP contribution < -0.4 is 10.1 Å². The topological polar surface area (TPSA) is 141 Å². The van der Waals surface area contributed by atoms with E-state index in [0.29, 0.717) is 22.8 Å². The number of nitrogens with zero attached hydrogens (tertiary/aromatic N) is 5. The first-order chi connectivity index (χ1) is 15.1. The Morgan fingerprint density at radius 2 is 1.94 bits per heavy atom. The molecule has 11 nitrogen and oxygen atoms in total. The van der Waals surface area contributed by atoms with Gasteiger partial charge in [0.05, 0.1) is 24.0 Å². The standard InChI is InChI=1S/C20H21ClN6O5.Zn/c1-20(2,3)32-15(28)9-27-10-22-18(26-27)11-6-5-7-12(17(11)31-4)23-13-8-14(21)24-25-16(13)19(29)30;/h5-8,10H,9H2,1-4H3,(H,23,24)(H,29,30);. The van der Waals surface area contributed by atoms with Crippen molar-refractivity contribution >= 4 is 34.9 Å². The summed E-state index contributed by atoms with van der Waals surface area (Å²) in [6.45, 7) is 5.24. The predicted octanol–water partition coefficient (Wildman–Crippen LogP) is 3.18. The van der Waals surface area contributed by atoms with Crippen LogP contribution in [0.5, 0.6) is 5.75 Å². The Bertz CT molecular complexity index is 1160. The van der Waals surface area contributed by atoms with E-state index in [-0.39, 0.29) is 42.6 Å². The van der Waals surface area contributed by atoms with Crippen LogP contribution in [0, 0.1) is 0 Å². The summed E-state index contributed by atoms with van der Waals surface area (Å²) >= 11 is 5.87. The number of carbonyl (C=O) groups is 2. The molecule has 0 unspecified atom stereocenters. The van der Waals surface area contributed by atoms with Crippen molar-refractivity contribution in [2.24, 2.45) is 0 Å². The fraction of sp³-hybridized carbons (Fsp3) is 0.300. The largest absolute Gasteiger partial charge is 0.494 e. The van der Waals surface area contributed by atoms with Crippen LogP contribution in [0.4, 0.5) is 11.4 Å². The van der Waals surface area contributed by atoms with Crippen LogP contribution in [-0.4, -0.2) is 54.7 Å². The van der Waals surface area contributed by atoms with Crippen LogP contribution in [0.2, 0.25) is 5.15 Å². The van der Waals surface area contributed by atoms with Crippen LogP contribution in [0.3, 0.4) is 0 Å². The number of para-hydroxylation sites is 1. The minimum absolute atomic E-state index is 0. The number of aromatic nitrogens is 5. The number of carboxylic acids is 1. The molecular weight excluding hydrogens is 505 g/mol. The van der Waals surface area contributed by atoms with Crippen LogP contribution >= 0.6 is 11.6 Å². The fourth-order valence-corrected chi connectivity index (χ4v) is 2.94. The van der Waals surface area contributed by atoms with Gasteiger partial charge in [0.25, 0.3) is 0 Å². The van der Waals surface area contributed by atoms with Gasteiger partial charge in [-0.2, -0.15) is 5.10 Å². The summed E-state index contributed by atoms with van der Waals surface area (Å²) < 4.78 is 12.2. The molecule has 0 spiro atoms. The summed E-state index contributed by atoms with van der Waals surface area (Å²) in [6.07, 6.45) is 1.41. The Morgan fingerprint density at radius 1 is 1.21 bits per heavy atom. The van der Waals surface area contributed by atoms with Crippen molar-refractivity contribution in [3.8, 4) is 17.1 Å². The minimum Gasteiger partial charge on any atom is -0.494 e. The summed E-state index contributed by atoms with van der Waals surface area (Å²) in [5.41, 5.74) is 0.173. The molecule has 0 saturated heterocycles. The van der Waals surface area contributed by atoms with Crippen LogP contribution in [-0.2, 0) is 35.6 Å². The number of benzene rings is 1. The van der Waals surface area contributed by atoms with Crippen LogP contribution in [0.25, 0.3) is 11.4 Å². The normalized spacial score (nSPS) is 10.8. The van der Waals surface area contributed by atoms with Crippen LogP contribution in [0.15, 0.2) is 30.6 Å². The minimum atomic E-state index is -1.27. The second-order valence-electron chi connectivity index (χ2n) is 7.60. The van der Waals surface area contributed by atoms with Crippen LogP contribution in [0.1, 0.15) is 31.3 Å². The second-order valence-corrected chi connectivity index (χ2v) is 7.99. The number of rotatable bonds is 7. The Morgan fingerprint density at radius 3 is 2.58 bits per heavy atom. The molecule has 0 aliphatic rings. The van der Waals surface area contributed by atoms with E-state index in [1.165, 1.54) is 24.2 Å². The Hall–Kier alpha value is -3.11. The summed E-state index contributed by atoms with van der Waals surface area (Å²) in [6, 6.07) is 6.47. The number of hydrogen-bond donors (Lipinski definition) is 2. The van der Waals surface area contributed by atoms with E-state index in [9.17, 15) is 14.7 Å². The van der Waals surface area contributed by atoms with E-state index in [2.05, 4.69) is 25.6 Å². The first-order valence-corrected chi connectivity index (χ1v) is 9.77. The monoisotopic (exact) mass is 524 g/mol. The molecule has 33 heavy (non-hydrogen) atoms. The van der Waals surface area contributed by atoms with Gasteiger partial charge in [0, 0.05) is 25.5 Å². The molecular formula is C20H21ClN6O5Zn. The van der Waals surface area contributed by atoms with Gasteiger partial charge in [-0.15, -0.1) is 10.2 Å². The Labute approximate surface area is 207 Å². The van der Waals surface area contributed by atoms with Crippen molar-refractivity contribution in [1.29, 1.82) is 0 Å². The summed E-state index contributed by atoms with van der Waals surface area (Å²) in [4.78, 5) is 27.8. The molecule has 170 valence electrons. The zero-order chi connectivity index (χ0) is 23.5. The molecule has 13 heteroatoms. The van der Waals surface area contributed by atoms with Gasteiger partial charge >= 0.3 is 11.9 Å². The smallest absolute Gasteiger partial charge is 0.358 e. The maximum atomic E-state index is 12.1. The van der Waals surface area contributed by atoms with E-state index in [1.54, 1.807) is 39.0 Å². The van der Waals surface area contributed by atoms with Crippen molar-refractivity contribution in [3.05, 3.63) is 41.4 Å². The first-order valence-electron chi connectivity index (χ1n) is 9.39. The number of methoxy groups -OCH3 is 1. The van der Waals surface area contributed by atoms with Gasteiger partial charge in [0.2, 0.25) is 0 Å². The Kier molecular flexibility index (Phi) is 8.46. The SMILES string of the molecule is COc1c(Nc2cc(Cl)nnc2C(=O)O)cccc1-c1ncn(CC(=O)OC(C)(C)C)n1.[Zn]. The molecule has 1 aromatic carbocycles. The number of ether oxygens (including phenoxy) is 2. The molecule has 0 fully saturated rings. The van der Waals surface area contributed by atoms with Crippen molar-refractivity contribution in [2.45, 2.75) is 32.9 Å². The molecule has 0 aliphatic carbocycles. The Balaban J connectivity index is 0.00000385. The molecule has 3 rings (SSSR count). The zero-order valence-electron chi connectivity index (χ0n) is 18.5. The van der Waals surface area contributed by atoms with Gasteiger partial charge in [-0.05, 0) is 32.9 Å². The number of anilines is 2. The summed E-state index contributed by atoms with van der Waals surface area (Å²) in [5.74, 6) is -1.06. The maximum Gasteiger partial charge on any atom is 0.358 e. The van der Waals surface area contributed by atoms with Gasteiger partial charge in [-0.3, -0.25) is 4.79 Å². The second kappa shape index (κ2) is 10.7. The summed E-state index contributed by atoms with van der Waals surface area (Å²) in [5, 5.41) is 23.8. The molecule has 0 radical (unpaired) electrons. The van der Waals surface area contributed by atoms with Crippen molar-refractivity contribution < 1.29 is 43.6 Å². The molecule has 0 aliphatic heterocycles. The number of aromatic carboxylic acids is 1. The number of nitrogens with one attached hydrogen (secondary N) is 1. The molecule has 0 amide bonds. The molecule has 2 heterocycles. The molecule has 2 aromatic heterocycles. The molecule has 0 saturated carbocycles. The molecule has 0 bridgehead atoms. The van der Waals surface area contributed by atoms with Gasteiger partial charge in [-0.25, -0.2) is 14.5 Å². The third kappa shape index (κ3) is 6.69. The average molecular weight is 526 g/mol. The van der Waals surface area contributed by atoms with Gasteiger partial charge in [0.15, 0.2) is 22.4 Å². The van der Waals surface area contributed by atoms with E-state index < -0.39 is 17.5 Å². The van der Waals surface area contributed by atoms with E-state index >= 15 is 0 Å².